The van der Waals surface area contributed by atoms with E-state index >= 15 is 0 Å². The molecule has 1 N–H and O–H groups in total. The van der Waals surface area contributed by atoms with Gasteiger partial charge in [0.15, 0.2) is 17.3 Å². The molecular formula is C30H36N8O4S. The second-order valence-electron chi connectivity index (χ2n) is 11.2. The molecule has 43 heavy (non-hydrogen) atoms. The number of nitrogens with one attached hydrogen (secondary N) is 1. The van der Waals surface area contributed by atoms with Gasteiger partial charge >= 0.3 is 0 Å². The highest BCUT2D eigenvalue weighted by molar-refractivity contribution is 7.92. The van der Waals surface area contributed by atoms with E-state index in [0.717, 1.165) is 43.8 Å². The highest BCUT2D eigenvalue weighted by atomic mass is 32.2. The second kappa shape index (κ2) is 11.9. The Hall–Kier alpha value is -4.07. The largest absolute Gasteiger partial charge is 0.490 e. The third-order valence-corrected chi connectivity index (χ3v) is 8.06. The molecule has 0 amide bonds. The molecular weight excluding hydrogens is 568 g/mol. The number of allylic oxidation sites excluding steroid dienone is 1. The predicted molar refractivity (Wildman–Crippen MR) is 167 cm³/mol. The highest BCUT2D eigenvalue weighted by Crippen LogP contribution is 2.34. The minimum atomic E-state index is -2.44. The fourth-order valence-electron chi connectivity index (χ4n) is 5.50. The molecule has 0 unspecified atom stereocenters. The Morgan fingerprint density at radius 3 is 2.81 bits per heavy atom. The Labute approximate surface area is 250 Å². The number of fused-ring (bicyclic) bond motifs is 2. The molecule has 3 aromatic heterocycles. The first-order valence-electron chi connectivity index (χ1n) is 14.3. The molecule has 6 rings (SSSR count). The Balaban J connectivity index is 1.42. The average Bonchev–Trinajstić information content (AvgIpc) is 3.23. The summed E-state index contributed by atoms with van der Waals surface area (Å²) in [5.41, 5.74) is 3.34. The van der Waals surface area contributed by atoms with Gasteiger partial charge in [0.05, 0.1) is 19.8 Å². The molecule has 13 heteroatoms. The van der Waals surface area contributed by atoms with Crippen LogP contribution in [0.5, 0.6) is 5.75 Å². The third-order valence-electron chi connectivity index (χ3n) is 7.43. The summed E-state index contributed by atoms with van der Waals surface area (Å²) in [7, 11) is -0.322. The van der Waals surface area contributed by atoms with Gasteiger partial charge in [-0.2, -0.15) is 9.35 Å². The van der Waals surface area contributed by atoms with Crippen LogP contribution in [0.25, 0.3) is 16.9 Å². The Morgan fingerprint density at radius 2 is 2.05 bits per heavy atom. The molecule has 0 aliphatic carbocycles. The summed E-state index contributed by atoms with van der Waals surface area (Å²) in [5, 5.41) is 3.69. The summed E-state index contributed by atoms with van der Waals surface area (Å²) in [6.45, 7) is 7.23. The molecule has 2 aliphatic rings. The van der Waals surface area contributed by atoms with E-state index in [2.05, 4.69) is 44.2 Å². The van der Waals surface area contributed by atoms with E-state index in [-0.39, 0.29) is 18.2 Å². The van der Waals surface area contributed by atoms with Crippen molar-refractivity contribution in [3.63, 3.8) is 0 Å². The number of likely N-dealkylation sites (N-methyl/N-ethyl adjacent to an activating group) is 1. The van der Waals surface area contributed by atoms with Gasteiger partial charge in [0.1, 0.15) is 17.2 Å². The van der Waals surface area contributed by atoms with Gasteiger partial charge in [0, 0.05) is 71.7 Å². The number of hydrogen-bond acceptors (Lipinski definition) is 10. The zero-order valence-corrected chi connectivity index (χ0v) is 25.5. The fourth-order valence-corrected chi connectivity index (χ4v) is 6.05. The molecule has 0 saturated carbocycles. The normalized spacial score (nSPS) is 16.2. The van der Waals surface area contributed by atoms with Crippen LogP contribution in [-0.4, -0.2) is 78.8 Å². The van der Waals surface area contributed by atoms with Crippen LogP contribution in [0.3, 0.4) is 0 Å². The van der Waals surface area contributed by atoms with Crippen LogP contribution in [0.1, 0.15) is 24.0 Å². The van der Waals surface area contributed by atoms with Crippen LogP contribution in [0.15, 0.2) is 58.3 Å². The predicted octanol–water partition coefficient (Wildman–Crippen LogP) is 3.81. The van der Waals surface area contributed by atoms with Gasteiger partial charge in [-0.3, -0.25) is 4.79 Å². The number of benzene rings is 1. The van der Waals surface area contributed by atoms with Crippen LogP contribution < -0.4 is 15.6 Å². The van der Waals surface area contributed by atoms with Gasteiger partial charge in [-0.15, -0.1) is 6.58 Å². The molecule has 12 nitrogen and oxygen atoms in total. The van der Waals surface area contributed by atoms with Crippen molar-refractivity contribution in [2.45, 2.75) is 38.5 Å². The maximum Gasteiger partial charge on any atom is 0.278 e. The Bertz CT molecular complexity index is 1860. The second-order valence-corrected chi connectivity index (χ2v) is 13.7. The van der Waals surface area contributed by atoms with Crippen LogP contribution >= 0.6 is 0 Å². The summed E-state index contributed by atoms with van der Waals surface area (Å²) >= 11 is 0. The van der Waals surface area contributed by atoms with E-state index in [1.807, 2.05) is 6.07 Å². The number of ether oxygens (including phenoxy) is 2. The molecule has 0 spiro atoms. The third kappa shape index (κ3) is 6.33. The smallest absolute Gasteiger partial charge is 0.278 e. The lowest BCUT2D eigenvalue weighted by Gasteiger charge is -2.30. The van der Waals surface area contributed by atoms with E-state index in [1.54, 1.807) is 41.5 Å². The number of rotatable bonds is 8. The summed E-state index contributed by atoms with van der Waals surface area (Å²) < 4.78 is 31.7. The first-order chi connectivity index (χ1) is 20.7. The number of hydrogen-bond donors (Lipinski definition) is 1. The standard InChI is InChI=1S/C30H36N8O4S/c1-5-12-37-29(39)24-18-31-30(34-28(24)38(37)27-8-6-7-26(33-27)35-43(3,4)40)32-21-16-20-19-36(2)13-9-23(20)25(17-21)42-22-10-14-41-15-11-22/h5-8,16-18,22H,1,9-15,19H2,2-4H3,(H,31,32,34). The summed E-state index contributed by atoms with van der Waals surface area (Å²) in [6.07, 6.45) is 9.00. The van der Waals surface area contributed by atoms with Crippen molar-refractivity contribution in [3.05, 3.63) is 70.7 Å². The van der Waals surface area contributed by atoms with Gasteiger partial charge < -0.3 is 19.7 Å². The summed E-state index contributed by atoms with van der Waals surface area (Å²) in [5.74, 6) is 1.91. The van der Waals surface area contributed by atoms with Crippen molar-refractivity contribution in [3.8, 4) is 11.6 Å². The lowest BCUT2D eigenvalue weighted by atomic mass is 9.98. The van der Waals surface area contributed by atoms with E-state index in [9.17, 15) is 9.00 Å². The van der Waals surface area contributed by atoms with Gasteiger partial charge in [-0.1, -0.05) is 12.1 Å². The number of pyridine rings is 1. The molecule has 0 bridgehead atoms. The SMILES string of the molecule is C=CCn1c(=O)c2cnc(Nc3cc4c(c(OC5CCOCC5)c3)CCN(C)C4)nc2n1-c1cccc(N=S(C)(C)=O)n1. The van der Waals surface area contributed by atoms with E-state index in [1.165, 1.54) is 22.0 Å². The first kappa shape index (κ1) is 29.0. The van der Waals surface area contributed by atoms with Gasteiger partial charge in [0.25, 0.3) is 5.56 Å². The zero-order valence-electron chi connectivity index (χ0n) is 24.7. The highest BCUT2D eigenvalue weighted by Gasteiger charge is 2.23. The van der Waals surface area contributed by atoms with E-state index in [0.29, 0.717) is 41.8 Å². The minimum absolute atomic E-state index is 0.114. The molecule has 0 radical (unpaired) electrons. The lowest BCUT2D eigenvalue weighted by molar-refractivity contribution is 0.0250. The molecule has 1 saturated heterocycles. The van der Waals surface area contributed by atoms with Gasteiger partial charge in [0.2, 0.25) is 5.95 Å². The Morgan fingerprint density at radius 1 is 1.23 bits per heavy atom. The van der Waals surface area contributed by atoms with Crippen molar-refractivity contribution in [1.82, 2.24) is 29.2 Å². The number of nitrogens with zero attached hydrogens (tertiary/aromatic N) is 7. The number of anilines is 2. The van der Waals surface area contributed by atoms with Crippen LogP contribution in [0, 0.1) is 0 Å². The molecule has 226 valence electrons. The van der Waals surface area contributed by atoms with Crippen molar-refractivity contribution in [2.24, 2.45) is 4.36 Å². The minimum Gasteiger partial charge on any atom is -0.490 e. The van der Waals surface area contributed by atoms with Crippen LogP contribution in [0.2, 0.25) is 0 Å². The number of aromatic nitrogens is 5. The average molecular weight is 605 g/mol. The molecule has 1 fully saturated rings. The maximum absolute atomic E-state index is 13.4. The molecule has 0 atom stereocenters. The van der Waals surface area contributed by atoms with E-state index < -0.39 is 9.73 Å². The molecule has 4 aromatic rings. The van der Waals surface area contributed by atoms with Crippen molar-refractivity contribution in [2.75, 3.05) is 44.6 Å². The van der Waals surface area contributed by atoms with Crippen molar-refractivity contribution >= 4 is 38.2 Å². The monoisotopic (exact) mass is 604 g/mol. The zero-order chi connectivity index (χ0) is 30.1. The lowest BCUT2D eigenvalue weighted by Crippen LogP contribution is -2.29. The first-order valence-corrected chi connectivity index (χ1v) is 16.6. The van der Waals surface area contributed by atoms with Crippen molar-refractivity contribution in [1.29, 1.82) is 0 Å². The van der Waals surface area contributed by atoms with Crippen molar-refractivity contribution < 1.29 is 13.7 Å². The van der Waals surface area contributed by atoms with Crippen LogP contribution in [-0.2, 0) is 34.0 Å². The molecule has 5 heterocycles. The van der Waals surface area contributed by atoms with Crippen LogP contribution in [0.4, 0.5) is 17.5 Å². The molecule has 2 aliphatic heterocycles. The quantitative estimate of drug-likeness (QED) is 0.299. The summed E-state index contributed by atoms with van der Waals surface area (Å²) in [6, 6.07) is 9.31. The van der Waals surface area contributed by atoms with Gasteiger partial charge in [-0.05, 0) is 37.2 Å². The summed E-state index contributed by atoms with van der Waals surface area (Å²) in [4.78, 5) is 29.5. The Kier molecular flexibility index (Phi) is 8.03. The fraction of sp³-hybridized carbons (Fsp3) is 0.400. The topological polar surface area (TPSA) is 129 Å². The van der Waals surface area contributed by atoms with Gasteiger partial charge in [-0.25, -0.2) is 23.5 Å². The van der Waals surface area contributed by atoms with E-state index in [4.69, 9.17) is 14.5 Å². The molecule has 1 aromatic carbocycles. The maximum atomic E-state index is 13.4.